The van der Waals surface area contributed by atoms with Crippen molar-refractivity contribution in [3.8, 4) is 0 Å². The number of hydrogen-bond donors (Lipinski definition) is 2. The molecule has 1 amide bonds. The number of nitrogens with zero attached hydrogens (tertiary/aromatic N) is 5. The van der Waals surface area contributed by atoms with Gasteiger partial charge in [-0.15, -0.1) is 0 Å². The van der Waals surface area contributed by atoms with E-state index in [2.05, 4.69) is 15.4 Å². The van der Waals surface area contributed by atoms with Gasteiger partial charge < -0.3 is 11.1 Å². The molecule has 0 saturated heterocycles. The molecular formula is C25H21N7O. The van der Waals surface area contributed by atoms with Crippen molar-refractivity contribution in [3.05, 3.63) is 89.2 Å². The van der Waals surface area contributed by atoms with Gasteiger partial charge in [-0.1, -0.05) is 24.3 Å². The summed E-state index contributed by atoms with van der Waals surface area (Å²) in [6.07, 6.45) is 3.24. The lowest BCUT2D eigenvalue weighted by Gasteiger charge is -2.07. The minimum Gasteiger partial charge on any atom is -0.383 e. The Hall–Kier alpha value is -4.59. The van der Waals surface area contributed by atoms with Gasteiger partial charge in [0.05, 0.1) is 22.9 Å². The molecule has 0 atom stereocenters. The van der Waals surface area contributed by atoms with Crippen molar-refractivity contribution in [2.45, 2.75) is 13.8 Å². The third-order valence-corrected chi connectivity index (χ3v) is 5.17. The smallest absolute Gasteiger partial charge is 0.261 e. The fourth-order valence-corrected chi connectivity index (χ4v) is 3.80. The number of hydrogen-bond acceptors (Lipinski definition) is 6. The largest absolute Gasteiger partial charge is 0.383 e. The Morgan fingerprint density at radius 2 is 1.70 bits per heavy atom. The van der Waals surface area contributed by atoms with E-state index in [1.165, 1.54) is 4.68 Å². The molecule has 0 saturated carbocycles. The number of benzene rings is 2. The van der Waals surface area contributed by atoms with E-state index in [0.717, 1.165) is 11.1 Å². The summed E-state index contributed by atoms with van der Waals surface area (Å²) < 4.78 is 1.43. The Morgan fingerprint density at radius 1 is 1.00 bits per heavy atom. The number of aryl methyl sites for hydroxylation is 2. The molecule has 8 heteroatoms. The zero-order valence-corrected chi connectivity index (χ0v) is 18.1. The predicted octanol–water partition coefficient (Wildman–Crippen LogP) is 4.31. The number of carbonyl (C=O) groups excluding carboxylic acids is 1. The number of nitrogen functional groups attached to an aromatic ring is 1. The molecule has 5 aromatic rings. The SMILES string of the molecule is Cc1cc(C)cc(NC(=O)c2c(N)n(N=Cc3ccccn3)c3nc4ccccc4nc23)c1. The topological polar surface area (TPSA) is 111 Å². The molecule has 0 aliphatic heterocycles. The van der Waals surface area contributed by atoms with E-state index in [4.69, 9.17) is 15.7 Å². The molecule has 8 nitrogen and oxygen atoms in total. The van der Waals surface area contributed by atoms with E-state index < -0.39 is 0 Å². The molecule has 0 aliphatic rings. The second kappa shape index (κ2) is 8.16. The molecule has 0 fully saturated rings. The quantitative estimate of drug-likeness (QED) is 0.409. The van der Waals surface area contributed by atoms with Crippen molar-refractivity contribution in [1.82, 2.24) is 19.6 Å². The van der Waals surface area contributed by atoms with Crippen LogP contribution in [0.1, 0.15) is 27.2 Å². The van der Waals surface area contributed by atoms with Crippen molar-refractivity contribution in [3.63, 3.8) is 0 Å². The van der Waals surface area contributed by atoms with Crippen LogP contribution in [-0.4, -0.2) is 31.7 Å². The number of nitrogens with two attached hydrogens (primary N) is 1. The molecule has 0 bridgehead atoms. The first-order valence-electron chi connectivity index (χ1n) is 10.4. The van der Waals surface area contributed by atoms with Crippen molar-refractivity contribution < 1.29 is 4.79 Å². The maximum Gasteiger partial charge on any atom is 0.261 e. The zero-order valence-electron chi connectivity index (χ0n) is 18.1. The van der Waals surface area contributed by atoms with Crippen LogP contribution in [0.5, 0.6) is 0 Å². The van der Waals surface area contributed by atoms with Gasteiger partial charge >= 0.3 is 0 Å². The Balaban J connectivity index is 1.67. The van der Waals surface area contributed by atoms with Gasteiger partial charge in [-0.2, -0.15) is 9.78 Å². The molecule has 0 unspecified atom stereocenters. The molecule has 0 radical (unpaired) electrons. The number of para-hydroxylation sites is 2. The third-order valence-electron chi connectivity index (χ3n) is 5.17. The number of carbonyl (C=O) groups is 1. The van der Waals surface area contributed by atoms with Crippen LogP contribution in [0.3, 0.4) is 0 Å². The lowest BCUT2D eigenvalue weighted by molar-refractivity contribution is 0.102. The maximum absolute atomic E-state index is 13.4. The summed E-state index contributed by atoms with van der Waals surface area (Å²) in [7, 11) is 0. The van der Waals surface area contributed by atoms with E-state index >= 15 is 0 Å². The summed E-state index contributed by atoms with van der Waals surface area (Å²) in [6.45, 7) is 3.96. The molecule has 0 spiro atoms. The molecule has 3 aromatic heterocycles. The van der Waals surface area contributed by atoms with Crippen LogP contribution >= 0.6 is 0 Å². The third kappa shape index (κ3) is 3.89. The lowest BCUT2D eigenvalue weighted by Crippen LogP contribution is -2.14. The van der Waals surface area contributed by atoms with E-state index in [9.17, 15) is 4.79 Å². The Bertz CT molecular complexity index is 1520. The van der Waals surface area contributed by atoms with Gasteiger partial charge in [-0.05, 0) is 61.4 Å². The number of pyridine rings is 1. The molecular weight excluding hydrogens is 414 g/mol. The lowest BCUT2D eigenvalue weighted by atomic mass is 10.1. The van der Waals surface area contributed by atoms with Gasteiger partial charge in [0.2, 0.25) is 0 Å². The first-order chi connectivity index (χ1) is 16.0. The Morgan fingerprint density at radius 3 is 2.39 bits per heavy atom. The minimum atomic E-state index is -0.376. The van der Waals surface area contributed by atoms with Gasteiger partial charge in [0.25, 0.3) is 5.91 Å². The van der Waals surface area contributed by atoms with Gasteiger partial charge in [-0.3, -0.25) is 9.78 Å². The summed E-state index contributed by atoms with van der Waals surface area (Å²) in [4.78, 5) is 27.0. The molecule has 3 N–H and O–H groups in total. The van der Waals surface area contributed by atoms with E-state index in [1.54, 1.807) is 12.4 Å². The summed E-state index contributed by atoms with van der Waals surface area (Å²) in [5, 5.41) is 7.41. The number of nitrogens with one attached hydrogen (secondary N) is 1. The molecule has 0 aliphatic carbocycles. The van der Waals surface area contributed by atoms with Crippen LogP contribution in [0, 0.1) is 13.8 Å². The van der Waals surface area contributed by atoms with Crippen LogP contribution < -0.4 is 11.1 Å². The van der Waals surface area contributed by atoms with Gasteiger partial charge in [0.1, 0.15) is 16.9 Å². The summed E-state index contributed by atoms with van der Waals surface area (Å²) >= 11 is 0. The summed E-state index contributed by atoms with van der Waals surface area (Å²) in [6, 6.07) is 18.8. The first kappa shape index (κ1) is 20.3. The number of fused-ring (bicyclic) bond motifs is 2. The summed E-state index contributed by atoms with van der Waals surface area (Å²) in [5.41, 5.74) is 12.2. The van der Waals surface area contributed by atoms with Gasteiger partial charge in [0.15, 0.2) is 5.65 Å². The normalized spacial score (nSPS) is 11.5. The van der Waals surface area contributed by atoms with Crippen molar-refractivity contribution >= 4 is 45.8 Å². The fraction of sp³-hybridized carbons (Fsp3) is 0.0800. The highest BCUT2D eigenvalue weighted by molar-refractivity contribution is 6.16. The number of rotatable bonds is 4. The Kier molecular flexibility index (Phi) is 5.02. The molecule has 3 heterocycles. The highest BCUT2D eigenvalue weighted by Gasteiger charge is 2.24. The molecule has 2 aromatic carbocycles. The average molecular weight is 435 g/mol. The standard InChI is InChI=1S/C25H21N7O/c1-15-11-16(2)13-18(12-15)29-25(33)21-22-24(31-20-9-4-3-8-19(20)30-22)32(23(21)26)28-14-17-7-5-6-10-27-17/h3-14H,26H2,1-2H3,(H,29,33). The second-order valence-electron chi connectivity index (χ2n) is 7.79. The highest BCUT2D eigenvalue weighted by atomic mass is 16.1. The molecule has 5 rings (SSSR count). The van der Waals surface area contributed by atoms with E-state index in [1.807, 2.05) is 74.5 Å². The monoisotopic (exact) mass is 435 g/mol. The Labute approximate surface area is 189 Å². The zero-order chi connectivity index (χ0) is 22.9. The van der Waals surface area contributed by atoms with Crippen LogP contribution in [0.4, 0.5) is 11.5 Å². The maximum atomic E-state index is 13.4. The number of amides is 1. The number of aromatic nitrogens is 4. The second-order valence-corrected chi connectivity index (χ2v) is 7.79. The summed E-state index contributed by atoms with van der Waals surface area (Å²) in [5.74, 6) is -0.228. The first-order valence-corrected chi connectivity index (χ1v) is 10.4. The van der Waals surface area contributed by atoms with Crippen molar-refractivity contribution in [1.29, 1.82) is 0 Å². The van der Waals surface area contributed by atoms with Crippen molar-refractivity contribution in [2.24, 2.45) is 5.10 Å². The predicted molar refractivity (Wildman–Crippen MR) is 131 cm³/mol. The van der Waals surface area contributed by atoms with Gasteiger partial charge in [0, 0.05) is 11.9 Å². The van der Waals surface area contributed by atoms with Crippen LogP contribution in [0.2, 0.25) is 0 Å². The molecule has 33 heavy (non-hydrogen) atoms. The molecule has 162 valence electrons. The van der Waals surface area contributed by atoms with Crippen molar-refractivity contribution in [2.75, 3.05) is 11.1 Å². The minimum absolute atomic E-state index is 0.148. The van der Waals surface area contributed by atoms with E-state index in [-0.39, 0.29) is 17.3 Å². The fourth-order valence-electron chi connectivity index (χ4n) is 3.80. The van der Waals surface area contributed by atoms with Gasteiger partial charge in [-0.25, -0.2) is 9.97 Å². The van der Waals surface area contributed by atoms with Crippen LogP contribution in [-0.2, 0) is 0 Å². The average Bonchev–Trinajstić information content (AvgIpc) is 3.06. The number of anilines is 2. The van der Waals surface area contributed by atoms with Crippen LogP contribution in [0.25, 0.3) is 22.2 Å². The van der Waals surface area contributed by atoms with E-state index in [0.29, 0.717) is 33.6 Å². The van der Waals surface area contributed by atoms with Crippen LogP contribution in [0.15, 0.2) is 72.0 Å². The highest BCUT2D eigenvalue weighted by Crippen LogP contribution is 2.29.